The first-order valence-corrected chi connectivity index (χ1v) is 4.99. The number of aliphatic carboxylic acids is 1. The molecule has 0 aliphatic heterocycles. The molecule has 0 aromatic heterocycles. The van der Waals surface area contributed by atoms with Crippen LogP contribution in [0.3, 0.4) is 0 Å². The molecular weight excluding hydrogens is 208 g/mol. The lowest BCUT2D eigenvalue weighted by molar-refractivity contribution is -0.137. The Labute approximate surface area is 93.9 Å². The lowest BCUT2D eigenvalue weighted by Crippen LogP contribution is -2.04. The zero-order chi connectivity index (χ0) is 12.1. The van der Waals surface area contributed by atoms with Gasteiger partial charge in [0, 0.05) is 6.92 Å². The minimum Gasteiger partial charge on any atom is -0.481 e. The number of hydrogen-bond acceptors (Lipinski definition) is 3. The SMILES string of the molecule is CC(=O)Oc1ccc([C@@H](C)CC(=O)O)cc1. The van der Waals surface area contributed by atoms with Crippen LogP contribution in [-0.2, 0) is 9.59 Å². The molecule has 86 valence electrons. The Bertz CT molecular complexity index is 381. The van der Waals surface area contributed by atoms with Gasteiger partial charge in [0.1, 0.15) is 5.75 Å². The van der Waals surface area contributed by atoms with Crippen molar-refractivity contribution in [2.45, 2.75) is 26.2 Å². The van der Waals surface area contributed by atoms with Crippen LogP contribution in [0, 0.1) is 0 Å². The van der Waals surface area contributed by atoms with E-state index >= 15 is 0 Å². The summed E-state index contributed by atoms with van der Waals surface area (Å²) in [4.78, 5) is 21.2. The van der Waals surface area contributed by atoms with E-state index in [0.717, 1.165) is 5.56 Å². The fraction of sp³-hybridized carbons (Fsp3) is 0.333. The molecule has 0 bridgehead atoms. The van der Waals surface area contributed by atoms with Crippen molar-refractivity contribution in [1.29, 1.82) is 0 Å². The molecule has 1 N–H and O–H groups in total. The highest BCUT2D eigenvalue weighted by atomic mass is 16.5. The summed E-state index contributed by atoms with van der Waals surface area (Å²) in [5.41, 5.74) is 0.915. The number of esters is 1. The van der Waals surface area contributed by atoms with E-state index in [1.165, 1.54) is 6.92 Å². The molecule has 0 heterocycles. The van der Waals surface area contributed by atoms with Crippen molar-refractivity contribution in [2.24, 2.45) is 0 Å². The van der Waals surface area contributed by atoms with Gasteiger partial charge in [0.15, 0.2) is 0 Å². The van der Waals surface area contributed by atoms with Gasteiger partial charge in [-0.15, -0.1) is 0 Å². The van der Waals surface area contributed by atoms with Crippen LogP contribution in [0.1, 0.15) is 31.7 Å². The van der Waals surface area contributed by atoms with E-state index < -0.39 is 5.97 Å². The van der Waals surface area contributed by atoms with Crippen LogP contribution >= 0.6 is 0 Å². The second kappa shape index (κ2) is 5.30. The van der Waals surface area contributed by atoms with Crippen LogP contribution in [0.5, 0.6) is 5.75 Å². The van der Waals surface area contributed by atoms with Crippen LogP contribution in [0.25, 0.3) is 0 Å². The lowest BCUT2D eigenvalue weighted by Gasteiger charge is -2.09. The fourth-order valence-corrected chi connectivity index (χ4v) is 1.41. The van der Waals surface area contributed by atoms with E-state index in [1.807, 2.05) is 6.92 Å². The zero-order valence-electron chi connectivity index (χ0n) is 9.27. The molecule has 0 saturated heterocycles. The van der Waals surface area contributed by atoms with E-state index in [-0.39, 0.29) is 18.3 Å². The Hall–Kier alpha value is -1.84. The van der Waals surface area contributed by atoms with Crippen molar-refractivity contribution < 1.29 is 19.4 Å². The summed E-state index contributed by atoms with van der Waals surface area (Å²) in [5, 5.41) is 8.65. The maximum absolute atomic E-state index is 10.7. The van der Waals surface area contributed by atoms with Crippen molar-refractivity contribution in [3.05, 3.63) is 29.8 Å². The number of carboxylic acid groups (broad SMARTS) is 1. The standard InChI is InChI=1S/C12H14O4/c1-8(7-12(14)15)10-3-5-11(6-4-10)16-9(2)13/h3-6,8H,7H2,1-2H3,(H,14,15)/t8-/m0/s1. The molecule has 1 aromatic rings. The largest absolute Gasteiger partial charge is 0.481 e. The topological polar surface area (TPSA) is 63.6 Å². The Morgan fingerprint density at radius 3 is 2.31 bits per heavy atom. The van der Waals surface area contributed by atoms with Crippen LogP contribution in [0.4, 0.5) is 0 Å². The first kappa shape index (κ1) is 12.2. The predicted molar refractivity (Wildman–Crippen MR) is 58.4 cm³/mol. The highest BCUT2D eigenvalue weighted by Gasteiger charge is 2.10. The smallest absolute Gasteiger partial charge is 0.308 e. The molecule has 4 nitrogen and oxygen atoms in total. The number of carbonyl (C=O) groups is 2. The molecular formula is C12H14O4. The molecule has 0 radical (unpaired) electrons. The van der Waals surface area contributed by atoms with E-state index in [9.17, 15) is 9.59 Å². The first-order chi connectivity index (χ1) is 7.49. The Morgan fingerprint density at radius 1 is 1.31 bits per heavy atom. The van der Waals surface area contributed by atoms with Gasteiger partial charge in [-0.1, -0.05) is 19.1 Å². The molecule has 0 unspecified atom stereocenters. The normalized spacial score (nSPS) is 11.9. The number of hydrogen-bond donors (Lipinski definition) is 1. The summed E-state index contributed by atoms with van der Waals surface area (Å²) in [5.74, 6) is -0.773. The fourth-order valence-electron chi connectivity index (χ4n) is 1.41. The summed E-state index contributed by atoms with van der Waals surface area (Å²) in [7, 11) is 0. The number of rotatable bonds is 4. The van der Waals surface area contributed by atoms with Gasteiger partial charge in [-0.3, -0.25) is 9.59 Å². The van der Waals surface area contributed by atoms with E-state index in [1.54, 1.807) is 24.3 Å². The van der Waals surface area contributed by atoms with Gasteiger partial charge in [0.2, 0.25) is 0 Å². The number of carbonyl (C=O) groups excluding carboxylic acids is 1. The van der Waals surface area contributed by atoms with Crippen molar-refractivity contribution in [1.82, 2.24) is 0 Å². The van der Waals surface area contributed by atoms with Crippen LogP contribution < -0.4 is 4.74 Å². The summed E-state index contributed by atoms with van der Waals surface area (Å²) in [6, 6.07) is 6.86. The van der Waals surface area contributed by atoms with Gasteiger partial charge >= 0.3 is 11.9 Å². The van der Waals surface area contributed by atoms with Crippen molar-refractivity contribution in [3.63, 3.8) is 0 Å². The van der Waals surface area contributed by atoms with Gasteiger partial charge < -0.3 is 9.84 Å². The predicted octanol–water partition coefficient (Wildman–Crippen LogP) is 2.19. The summed E-state index contributed by atoms with van der Waals surface area (Å²) in [6.45, 7) is 3.18. The lowest BCUT2D eigenvalue weighted by atomic mass is 9.98. The van der Waals surface area contributed by atoms with Crippen molar-refractivity contribution in [2.75, 3.05) is 0 Å². The maximum atomic E-state index is 10.7. The molecule has 4 heteroatoms. The summed E-state index contributed by atoms with van der Waals surface area (Å²) in [6.07, 6.45) is 0.0902. The Morgan fingerprint density at radius 2 is 1.88 bits per heavy atom. The van der Waals surface area contributed by atoms with Gasteiger partial charge in [0.05, 0.1) is 6.42 Å². The molecule has 0 amide bonds. The third-order valence-electron chi connectivity index (χ3n) is 2.19. The highest BCUT2D eigenvalue weighted by Crippen LogP contribution is 2.21. The third kappa shape index (κ3) is 3.73. The Balaban J connectivity index is 2.70. The summed E-state index contributed by atoms with van der Waals surface area (Å²) < 4.78 is 4.87. The van der Waals surface area contributed by atoms with Crippen LogP contribution in [0.15, 0.2) is 24.3 Å². The average Bonchev–Trinajstić information content (AvgIpc) is 2.16. The van der Waals surface area contributed by atoms with Crippen molar-refractivity contribution in [3.8, 4) is 5.75 Å². The van der Waals surface area contributed by atoms with Crippen LogP contribution in [0.2, 0.25) is 0 Å². The minimum atomic E-state index is -0.823. The zero-order valence-corrected chi connectivity index (χ0v) is 9.27. The molecule has 0 spiro atoms. The number of carboxylic acids is 1. The van der Waals surface area contributed by atoms with E-state index in [2.05, 4.69) is 0 Å². The Kier molecular flexibility index (Phi) is 4.05. The average molecular weight is 222 g/mol. The molecule has 16 heavy (non-hydrogen) atoms. The molecule has 0 aliphatic carbocycles. The maximum Gasteiger partial charge on any atom is 0.308 e. The van der Waals surface area contributed by atoms with Gasteiger partial charge in [-0.05, 0) is 23.6 Å². The van der Waals surface area contributed by atoms with E-state index in [0.29, 0.717) is 5.75 Å². The molecule has 0 fully saturated rings. The van der Waals surface area contributed by atoms with Gasteiger partial charge in [0.25, 0.3) is 0 Å². The third-order valence-corrected chi connectivity index (χ3v) is 2.19. The molecule has 0 aliphatic rings. The van der Waals surface area contributed by atoms with Crippen LogP contribution in [-0.4, -0.2) is 17.0 Å². The second-order valence-electron chi connectivity index (χ2n) is 3.66. The van der Waals surface area contributed by atoms with Crippen molar-refractivity contribution >= 4 is 11.9 Å². The number of ether oxygens (including phenoxy) is 1. The monoisotopic (exact) mass is 222 g/mol. The minimum absolute atomic E-state index is 0.0520. The number of benzene rings is 1. The quantitative estimate of drug-likeness (QED) is 0.626. The molecule has 1 atom stereocenters. The molecule has 1 rings (SSSR count). The first-order valence-electron chi connectivity index (χ1n) is 4.99. The van der Waals surface area contributed by atoms with Gasteiger partial charge in [-0.2, -0.15) is 0 Å². The highest BCUT2D eigenvalue weighted by molar-refractivity contribution is 5.69. The summed E-state index contributed by atoms with van der Waals surface area (Å²) >= 11 is 0. The molecule has 0 saturated carbocycles. The van der Waals surface area contributed by atoms with Gasteiger partial charge in [-0.25, -0.2) is 0 Å². The molecule has 1 aromatic carbocycles. The van der Waals surface area contributed by atoms with E-state index in [4.69, 9.17) is 9.84 Å². The second-order valence-corrected chi connectivity index (χ2v) is 3.66.